The summed E-state index contributed by atoms with van der Waals surface area (Å²) >= 11 is 0. The van der Waals surface area contributed by atoms with Gasteiger partial charge in [0.2, 0.25) is 0 Å². The van der Waals surface area contributed by atoms with Gasteiger partial charge < -0.3 is 13.7 Å². The number of nitrogens with zero attached hydrogens (tertiary/aromatic N) is 3. The van der Waals surface area contributed by atoms with E-state index >= 15 is 0 Å². The summed E-state index contributed by atoms with van der Waals surface area (Å²) in [6.45, 7) is 0. The van der Waals surface area contributed by atoms with Crippen LogP contribution in [0, 0.1) is 0 Å². The number of hydrogen-bond acceptors (Lipinski definition) is 0. The van der Waals surface area contributed by atoms with Gasteiger partial charge in [-0.05, 0) is 101 Å². The van der Waals surface area contributed by atoms with E-state index in [1.165, 1.54) is 88.0 Å². The van der Waals surface area contributed by atoms with E-state index in [1.807, 2.05) is 0 Å². The van der Waals surface area contributed by atoms with Crippen LogP contribution in [0.4, 0.5) is 0 Å². The van der Waals surface area contributed by atoms with Gasteiger partial charge in [-0.1, -0.05) is 152 Å². The van der Waals surface area contributed by atoms with E-state index in [0.29, 0.717) is 0 Å². The fraction of sp³-hybridized carbons (Fsp3) is 0. The first kappa shape index (κ1) is 33.3. The molecular weight excluding hydrogens is 715 g/mol. The Bertz CT molecular complexity index is 3400. The molecule has 0 fully saturated rings. The molecule has 0 saturated heterocycles. The van der Waals surface area contributed by atoms with E-state index in [0.717, 1.165) is 17.1 Å². The van der Waals surface area contributed by atoms with Crippen molar-refractivity contribution >= 4 is 54.5 Å². The molecule has 3 heterocycles. The van der Waals surface area contributed by atoms with Crippen molar-refractivity contribution in [3.05, 3.63) is 224 Å². The van der Waals surface area contributed by atoms with Crippen LogP contribution < -0.4 is 0 Å². The highest BCUT2D eigenvalue weighted by Gasteiger charge is 2.22. The SMILES string of the molecule is c1ccc(-c2ccc3c(c2)c2cc(-c4ccccc4)ccc2n3-c2ccc(-n3c4ccccc4c4ccc5cc(-c6ccccc6)n(-c6ccccc6)c5c43)cc2)cc1. The highest BCUT2D eigenvalue weighted by Crippen LogP contribution is 2.42. The summed E-state index contributed by atoms with van der Waals surface area (Å²) in [6, 6.07) is 81.6. The Labute approximate surface area is 341 Å². The summed E-state index contributed by atoms with van der Waals surface area (Å²) in [5.74, 6) is 0. The minimum Gasteiger partial charge on any atom is -0.309 e. The van der Waals surface area contributed by atoms with Gasteiger partial charge in [-0.2, -0.15) is 0 Å². The molecule has 0 radical (unpaired) electrons. The van der Waals surface area contributed by atoms with Crippen molar-refractivity contribution in [2.45, 2.75) is 0 Å². The molecule has 59 heavy (non-hydrogen) atoms. The Kier molecular flexibility index (Phi) is 7.54. The molecule has 0 atom stereocenters. The van der Waals surface area contributed by atoms with Crippen LogP contribution in [0.1, 0.15) is 0 Å². The fourth-order valence-corrected chi connectivity index (χ4v) is 9.35. The third-order valence-electron chi connectivity index (χ3n) is 12.0. The Hall–Kier alpha value is -7.88. The predicted octanol–water partition coefficient (Wildman–Crippen LogP) is 14.8. The maximum absolute atomic E-state index is 2.47. The summed E-state index contributed by atoms with van der Waals surface area (Å²) in [4.78, 5) is 0. The van der Waals surface area contributed by atoms with Gasteiger partial charge in [0.15, 0.2) is 0 Å². The van der Waals surface area contributed by atoms with Crippen molar-refractivity contribution in [3.8, 4) is 50.6 Å². The molecule has 0 aliphatic carbocycles. The molecule has 0 aliphatic heterocycles. The lowest BCUT2D eigenvalue weighted by molar-refractivity contribution is 1.12. The molecule has 0 N–H and O–H groups in total. The van der Waals surface area contributed by atoms with E-state index in [2.05, 4.69) is 238 Å². The van der Waals surface area contributed by atoms with Crippen molar-refractivity contribution in [3.63, 3.8) is 0 Å². The number of aromatic nitrogens is 3. The van der Waals surface area contributed by atoms with Crippen molar-refractivity contribution in [2.75, 3.05) is 0 Å². The van der Waals surface area contributed by atoms with Gasteiger partial charge >= 0.3 is 0 Å². The van der Waals surface area contributed by atoms with Crippen molar-refractivity contribution in [1.82, 2.24) is 13.7 Å². The number of para-hydroxylation sites is 2. The molecule has 0 saturated carbocycles. The molecule has 3 aromatic heterocycles. The second kappa shape index (κ2) is 13.4. The number of hydrogen-bond donors (Lipinski definition) is 0. The normalized spacial score (nSPS) is 11.7. The van der Waals surface area contributed by atoms with Crippen molar-refractivity contribution in [2.24, 2.45) is 0 Å². The first-order chi connectivity index (χ1) is 29.3. The van der Waals surface area contributed by atoms with Gasteiger partial charge in [0.05, 0.1) is 33.3 Å². The second-order valence-corrected chi connectivity index (χ2v) is 15.4. The molecular formula is C56H37N3. The maximum Gasteiger partial charge on any atom is 0.0788 e. The van der Waals surface area contributed by atoms with Gasteiger partial charge in [-0.25, -0.2) is 0 Å². The lowest BCUT2D eigenvalue weighted by Gasteiger charge is -2.15. The molecule has 0 aliphatic rings. The molecule has 3 heteroatoms. The molecule has 0 unspecified atom stereocenters. The zero-order valence-electron chi connectivity index (χ0n) is 32.2. The molecule has 12 rings (SSSR count). The Morgan fingerprint density at radius 1 is 0.237 bits per heavy atom. The second-order valence-electron chi connectivity index (χ2n) is 15.4. The van der Waals surface area contributed by atoms with Crippen LogP contribution in [0.25, 0.3) is 105 Å². The van der Waals surface area contributed by atoms with Gasteiger partial charge in [-0.3, -0.25) is 0 Å². The summed E-state index contributed by atoms with van der Waals surface area (Å²) in [6.07, 6.45) is 0. The number of rotatable bonds is 6. The predicted molar refractivity (Wildman–Crippen MR) is 248 cm³/mol. The van der Waals surface area contributed by atoms with E-state index < -0.39 is 0 Å². The van der Waals surface area contributed by atoms with Gasteiger partial charge in [0, 0.05) is 44.0 Å². The molecule has 0 amide bonds. The van der Waals surface area contributed by atoms with Gasteiger partial charge in [-0.15, -0.1) is 0 Å². The Morgan fingerprint density at radius 3 is 1.31 bits per heavy atom. The van der Waals surface area contributed by atoms with Crippen LogP contribution in [0.5, 0.6) is 0 Å². The van der Waals surface area contributed by atoms with E-state index in [-0.39, 0.29) is 0 Å². The molecule has 0 spiro atoms. The lowest BCUT2D eigenvalue weighted by Crippen LogP contribution is -2.00. The number of benzene rings is 9. The lowest BCUT2D eigenvalue weighted by atomic mass is 10.0. The highest BCUT2D eigenvalue weighted by atomic mass is 15.1. The van der Waals surface area contributed by atoms with Crippen LogP contribution >= 0.6 is 0 Å². The van der Waals surface area contributed by atoms with Crippen molar-refractivity contribution < 1.29 is 0 Å². The summed E-state index contributed by atoms with van der Waals surface area (Å²) in [7, 11) is 0. The molecule has 0 bridgehead atoms. The topological polar surface area (TPSA) is 14.8 Å². The Morgan fingerprint density at radius 2 is 0.712 bits per heavy atom. The Balaban J connectivity index is 1.08. The van der Waals surface area contributed by atoms with Crippen molar-refractivity contribution in [1.29, 1.82) is 0 Å². The van der Waals surface area contributed by atoms with E-state index in [4.69, 9.17) is 0 Å². The smallest absolute Gasteiger partial charge is 0.0788 e. The zero-order valence-corrected chi connectivity index (χ0v) is 32.2. The monoisotopic (exact) mass is 751 g/mol. The quantitative estimate of drug-likeness (QED) is 0.161. The molecule has 9 aromatic carbocycles. The average Bonchev–Trinajstić information content (AvgIpc) is 3.98. The first-order valence-electron chi connectivity index (χ1n) is 20.3. The van der Waals surface area contributed by atoms with Gasteiger partial charge in [0.25, 0.3) is 0 Å². The van der Waals surface area contributed by atoms with Crippen LogP contribution in [-0.2, 0) is 0 Å². The fourth-order valence-electron chi connectivity index (χ4n) is 9.35. The van der Waals surface area contributed by atoms with E-state index in [1.54, 1.807) is 0 Å². The molecule has 276 valence electrons. The van der Waals surface area contributed by atoms with Gasteiger partial charge in [0.1, 0.15) is 0 Å². The summed E-state index contributed by atoms with van der Waals surface area (Å²) in [5.41, 5.74) is 16.5. The largest absolute Gasteiger partial charge is 0.309 e. The van der Waals surface area contributed by atoms with Crippen LogP contribution in [-0.4, -0.2) is 13.7 Å². The third-order valence-corrected chi connectivity index (χ3v) is 12.0. The minimum atomic E-state index is 1.12. The van der Waals surface area contributed by atoms with E-state index in [9.17, 15) is 0 Å². The average molecular weight is 752 g/mol. The third kappa shape index (κ3) is 5.29. The summed E-state index contributed by atoms with van der Waals surface area (Å²) in [5, 5.41) is 6.16. The van der Waals surface area contributed by atoms with Crippen LogP contribution in [0.3, 0.4) is 0 Å². The standard InChI is InChI=1S/C56H37N3/c1-5-15-38(16-6-1)41-26-33-52-49(35-41)50-36-42(39-17-7-2-8-18-39)27-34-53(50)57(52)45-28-30-46(31-29-45)58-51-24-14-13-23-47(51)48-32-25-43-37-54(40-19-9-3-10-20-40)59(55(43)56(48)58)44-21-11-4-12-22-44/h1-37H. The van der Waals surface area contributed by atoms with Crippen LogP contribution in [0.15, 0.2) is 224 Å². The zero-order chi connectivity index (χ0) is 38.9. The molecule has 3 nitrogen and oxygen atoms in total. The summed E-state index contributed by atoms with van der Waals surface area (Å²) < 4.78 is 7.34. The number of fused-ring (bicyclic) bond motifs is 8. The maximum atomic E-state index is 2.47. The van der Waals surface area contributed by atoms with Crippen LogP contribution in [0.2, 0.25) is 0 Å². The first-order valence-corrected chi connectivity index (χ1v) is 20.3. The molecule has 12 aromatic rings. The minimum absolute atomic E-state index is 1.12. The highest BCUT2D eigenvalue weighted by molar-refractivity contribution is 6.19.